The number of hydroxylamine groups is 2. The summed E-state index contributed by atoms with van der Waals surface area (Å²) in [6.07, 6.45) is 2.70. The summed E-state index contributed by atoms with van der Waals surface area (Å²) in [5, 5.41) is 1.49. The largest absolute Gasteiger partial charge is 0.496 e. The Morgan fingerprint density at radius 1 is 1.29 bits per heavy atom. The highest BCUT2D eigenvalue weighted by molar-refractivity contribution is 7.48. The van der Waals surface area contributed by atoms with Gasteiger partial charge in [0.25, 0.3) is 0 Å². The first kappa shape index (κ1) is 14.5. The monoisotopic (exact) mass is 264 g/mol. The van der Waals surface area contributed by atoms with Crippen molar-refractivity contribution >= 4 is 7.82 Å². The van der Waals surface area contributed by atoms with Crippen LogP contribution in [0.25, 0.3) is 0 Å². The molecule has 17 heavy (non-hydrogen) atoms. The maximum atomic E-state index is 12.1. The van der Waals surface area contributed by atoms with E-state index in [1.54, 1.807) is 13.8 Å². The molecule has 7 heteroatoms. The van der Waals surface area contributed by atoms with Crippen molar-refractivity contribution in [2.24, 2.45) is 0 Å². The molecule has 100 valence electrons. The summed E-state index contributed by atoms with van der Waals surface area (Å²) >= 11 is 0. The van der Waals surface area contributed by atoms with E-state index in [2.05, 4.69) is 6.92 Å². The zero-order chi connectivity index (χ0) is 12.9. The Balaban J connectivity index is 2.63. The van der Waals surface area contributed by atoms with Gasteiger partial charge in [0.1, 0.15) is 6.67 Å². The van der Waals surface area contributed by atoms with Crippen molar-refractivity contribution < 1.29 is 18.2 Å². The summed E-state index contributed by atoms with van der Waals surface area (Å²) in [6.45, 7) is 6.64. The third-order valence-electron chi connectivity index (χ3n) is 2.28. The SMILES string of the molecule is CCOP(=O)(OCC)ON1C=C(CC)N(C)C1. The van der Waals surface area contributed by atoms with Crippen molar-refractivity contribution in [3.63, 3.8) is 0 Å². The molecule has 0 atom stereocenters. The standard InChI is InChI=1S/C10H21N2O4P/c1-5-10-8-12(9-11(10)4)16-17(13,14-6-2)15-7-3/h8H,5-7,9H2,1-4H3. The average molecular weight is 264 g/mol. The van der Waals surface area contributed by atoms with E-state index in [4.69, 9.17) is 13.7 Å². The highest BCUT2D eigenvalue weighted by Gasteiger charge is 2.31. The molecular weight excluding hydrogens is 243 g/mol. The molecule has 6 nitrogen and oxygen atoms in total. The van der Waals surface area contributed by atoms with Gasteiger partial charge in [-0.15, -0.1) is 0 Å². The van der Waals surface area contributed by atoms with Crippen LogP contribution in [-0.2, 0) is 18.2 Å². The van der Waals surface area contributed by atoms with Crippen LogP contribution in [0.5, 0.6) is 0 Å². The molecule has 0 bridgehead atoms. The molecule has 1 heterocycles. The maximum Gasteiger partial charge on any atom is 0.496 e. The number of phosphoric ester groups is 1. The van der Waals surface area contributed by atoms with Crippen LogP contribution < -0.4 is 0 Å². The Labute approximate surface area is 103 Å². The second kappa shape index (κ2) is 6.40. The Kier molecular flexibility index (Phi) is 5.46. The van der Waals surface area contributed by atoms with Gasteiger partial charge in [-0.1, -0.05) is 6.92 Å². The van der Waals surface area contributed by atoms with Crippen molar-refractivity contribution in [1.29, 1.82) is 0 Å². The highest BCUT2D eigenvalue weighted by Crippen LogP contribution is 2.50. The van der Waals surface area contributed by atoms with Gasteiger partial charge in [-0.25, -0.2) is 9.63 Å². The molecule has 0 aromatic heterocycles. The van der Waals surface area contributed by atoms with Crippen LogP contribution in [0.15, 0.2) is 11.9 Å². The van der Waals surface area contributed by atoms with Crippen LogP contribution >= 0.6 is 7.82 Å². The van der Waals surface area contributed by atoms with Crippen LogP contribution in [-0.4, -0.2) is 36.9 Å². The van der Waals surface area contributed by atoms with Crippen LogP contribution in [0, 0.1) is 0 Å². The van der Waals surface area contributed by atoms with E-state index < -0.39 is 7.82 Å². The van der Waals surface area contributed by atoms with Gasteiger partial charge in [-0.2, -0.15) is 4.62 Å². The van der Waals surface area contributed by atoms with E-state index in [9.17, 15) is 4.57 Å². The predicted octanol–water partition coefficient (Wildman–Crippen LogP) is 2.56. The lowest BCUT2D eigenvalue weighted by molar-refractivity contribution is -0.0595. The first-order valence-electron chi connectivity index (χ1n) is 5.82. The number of hydrogen-bond donors (Lipinski definition) is 0. The van der Waals surface area contributed by atoms with E-state index in [0.717, 1.165) is 12.1 Å². The van der Waals surface area contributed by atoms with Crippen molar-refractivity contribution in [1.82, 2.24) is 9.96 Å². The van der Waals surface area contributed by atoms with Gasteiger partial charge in [0, 0.05) is 18.9 Å². The van der Waals surface area contributed by atoms with Gasteiger partial charge in [-0.05, 0) is 20.3 Å². The van der Waals surface area contributed by atoms with Crippen molar-refractivity contribution in [2.45, 2.75) is 27.2 Å². The topological polar surface area (TPSA) is 51.2 Å². The number of rotatable bonds is 7. The Bertz CT molecular complexity index is 311. The summed E-state index contributed by atoms with van der Waals surface area (Å²) in [5.74, 6) is 0. The molecule has 0 saturated heterocycles. The molecule has 0 amide bonds. The van der Waals surface area contributed by atoms with Gasteiger partial charge in [0.05, 0.1) is 13.2 Å². The Hall–Kier alpha value is -0.550. The van der Waals surface area contributed by atoms with E-state index >= 15 is 0 Å². The third-order valence-corrected chi connectivity index (χ3v) is 3.83. The first-order valence-corrected chi connectivity index (χ1v) is 7.28. The lowest BCUT2D eigenvalue weighted by Gasteiger charge is -2.22. The maximum absolute atomic E-state index is 12.1. The summed E-state index contributed by atoms with van der Waals surface area (Å²) in [7, 11) is -1.53. The van der Waals surface area contributed by atoms with Crippen LogP contribution in [0.1, 0.15) is 27.2 Å². The summed E-state index contributed by atoms with van der Waals surface area (Å²) in [5.41, 5.74) is 1.12. The molecule has 1 aliphatic heterocycles. The Morgan fingerprint density at radius 3 is 2.29 bits per heavy atom. The molecule has 0 saturated carbocycles. The second-order valence-electron chi connectivity index (χ2n) is 3.59. The minimum absolute atomic E-state index is 0.283. The summed E-state index contributed by atoms with van der Waals surface area (Å²) in [6, 6.07) is 0. The molecule has 0 radical (unpaired) electrons. The second-order valence-corrected chi connectivity index (χ2v) is 5.17. The Morgan fingerprint density at radius 2 is 1.88 bits per heavy atom. The number of phosphoric acid groups is 1. The summed E-state index contributed by atoms with van der Waals surface area (Å²) in [4.78, 5) is 2.02. The van der Waals surface area contributed by atoms with Gasteiger partial charge in [-0.3, -0.25) is 9.05 Å². The van der Waals surface area contributed by atoms with Gasteiger partial charge < -0.3 is 4.90 Å². The van der Waals surface area contributed by atoms with E-state index in [1.807, 2.05) is 18.1 Å². The first-order chi connectivity index (χ1) is 8.04. The lowest BCUT2D eigenvalue weighted by atomic mass is 10.3. The van der Waals surface area contributed by atoms with E-state index in [-0.39, 0.29) is 13.2 Å². The molecule has 0 fully saturated rings. The number of nitrogens with zero attached hydrogens (tertiary/aromatic N) is 2. The summed E-state index contributed by atoms with van der Waals surface area (Å²) < 4.78 is 27.5. The molecule has 1 rings (SSSR count). The normalized spacial score (nSPS) is 16.6. The molecule has 0 unspecified atom stereocenters. The fraction of sp³-hybridized carbons (Fsp3) is 0.800. The van der Waals surface area contributed by atoms with E-state index in [0.29, 0.717) is 6.67 Å². The average Bonchev–Trinajstić information content (AvgIpc) is 2.58. The molecule has 0 spiro atoms. The fourth-order valence-corrected chi connectivity index (χ4v) is 2.70. The van der Waals surface area contributed by atoms with Gasteiger partial charge >= 0.3 is 7.82 Å². The van der Waals surface area contributed by atoms with Crippen LogP contribution in [0.4, 0.5) is 0 Å². The molecule has 0 aromatic carbocycles. The van der Waals surface area contributed by atoms with Gasteiger partial charge in [0.2, 0.25) is 0 Å². The van der Waals surface area contributed by atoms with Crippen LogP contribution in [0.2, 0.25) is 0 Å². The smallest absolute Gasteiger partial charge is 0.357 e. The highest BCUT2D eigenvalue weighted by atomic mass is 31.2. The molecular formula is C10H21N2O4P. The van der Waals surface area contributed by atoms with Crippen molar-refractivity contribution in [3.05, 3.63) is 11.9 Å². The minimum Gasteiger partial charge on any atom is -0.357 e. The van der Waals surface area contributed by atoms with E-state index in [1.165, 1.54) is 5.06 Å². The quantitative estimate of drug-likeness (QED) is 0.659. The lowest BCUT2D eigenvalue weighted by Crippen LogP contribution is -2.23. The molecule has 0 aromatic rings. The van der Waals surface area contributed by atoms with Crippen LogP contribution in [0.3, 0.4) is 0 Å². The number of hydrogen-bond acceptors (Lipinski definition) is 6. The van der Waals surface area contributed by atoms with Gasteiger partial charge in [0.15, 0.2) is 0 Å². The molecule has 0 N–H and O–H groups in total. The molecule has 1 aliphatic rings. The zero-order valence-corrected chi connectivity index (χ0v) is 11.8. The predicted molar refractivity (Wildman–Crippen MR) is 64.8 cm³/mol. The van der Waals surface area contributed by atoms with Crippen molar-refractivity contribution in [2.75, 3.05) is 26.9 Å². The zero-order valence-electron chi connectivity index (χ0n) is 10.9. The third kappa shape index (κ3) is 4.00. The molecule has 0 aliphatic carbocycles. The van der Waals surface area contributed by atoms with Crippen molar-refractivity contribution in [3.8, 4) is 0 Å². The fourth-order valence-electron chi connectivity index (χ4n) is 1.55. The minimum atomic E-state index is -3.48. The number of allylic oxidation sites excluding steroid dienone is 1.